The fourth-order valence-electron chi connectivity index (χ4n) is 1.15. The maximum Gasteiger partial charge on any atom is 0.250 e. The van der Waals surface area contributed by atoms with Crippen molar-refractivity contribution in [1.82, 2.24) is 0 Å². The van der Waals surface area contributed by atoms with Crippen molar-refractivity contribution >= 4 is 55.5 Å². The van der Waals surface area contributed by atoms with Crippen molar-refractivity contribution in [2.24, 2.45) is 0 Å². The van der Waals surface area contributed by atoms with E-state index in [0.29, 0.717) is 0 Å². The van der Waals surface area contributed by atoms with Crippen LogP contribution in [0.5, 0.6) is 0 Å². The molecular weight excluding hydrogens is 464 g/mol. The molecule has 0 aliphatic rings. The SMILES string of the molecule is C=P(O)(O)OCOP(=C)(O)OCC(O)COP(=C)(O)OCOP(=C)(O)OCC. The molecule has 0 saturated heterocycles. The molecule has 0 amide bonds. The zero-order chi connectivity index (χ0) is 22.1. The van der Waals surface area contributed by atoms with Gasteiger partial charge in [0.25, 0.3) is 0 Å². The molecule has 0 aliphatic carbocycles. The van der Waals surface area contributed by atoms with Gasteiger partial charge in [0.15, 0.2) is 13.6 Å². The molecule has 6 N–H and O–H groups in total. The Morgan fingerprint density at radius 1 is 0.643 bits per heavy atom. The Bertz CT molecular complexity index is 646. The fourth-order valence-corrected chi connectivity index (χ4v) is 3.62. The smallest absolute Gasteiger partial charge is 0.250 e. The van der Waals surface area contributed by atoms with E-state index in [2.05, 4.69) is 29.7 Å². The molecular formula is C11H28O13P4. The van der Waals surface area contributed by atoms with Crippen molar-refractivity contribution in [3.05, 3.63) is 0 Å². The van der Waals surface area contributed by atoms with E-state index in [-0.39, 0.29) is 6.61 Å². The lowest BCUT2D eigenvalue weighted by molar-refractivity contribution is 0.0241. The molecule has 17 heteroatoms. The quantitative estimate of drug-likeness (QED) is 0.126. The molecule has 0 aromatic carbocycles. The van der Waals surface area contributed by atoms with E-state index >= 15 is 0 Å². The minimum atomic E-state index is -3.79. The normalized spacial score (nSPS) is 20.1. The van der Waals surface area contributed by atoms with E-state index in [9.17, 15) is 19.8 Å². The highest BCUT2D eigenvalue weighted by atomic mass is 31.2. The zero-order valence-electron chi connectivity index (χ0n) is 15.3. The van der Waals surface area contributed by atoms with Gasteiger partial charge in [-0.3, -0.25) is 18.1 Å². The summed E-state index contributed by atoms with van der Waals surface area (Å²) in [6.45, 7) is -0.582. The summed E-state index contributed by atoms with van der Waals surface area (Å²) in [4.78, 5) is 47.0. The molecule has 13 nitrogen and oxygen atoms in total. The van der Waals surface area contributed by atoms with Crippen LogP contribution in [-0.4, -0.2) is 94.3 Å². The number of aliphatic hydroxyl groups excluding tert-OH is 1. The van der Waals surface area contributed by atoms with Crippen LogP contribution in [0.15, 0.2) is 0 Å². The van der Waals surface area contributed by atoms with E-state index in [1.54, 1.807) is 6.92 Å². The molecule has 0 fully saturated rings. The molecule has 0 radical (unpaired) electrons. The first-order chi connectivity index (χ1) is 12.6. The summed E-state index contributed by atoms with van der Waals surface area (Å²) in [7, 11) is -14.4. The summed E-state index contributed by atoms with van der Waals surface area (Å²) >= 11 is 0. The molecule has 0 aromatic rings. The molecule has 0 heterocycles. The maximum absolute atomic E-state index is 9.86. The molecule has 4 unspecified atom stereocenters. The summed E-state index contributed by atoms with van der Waals surface area (Å²) < 4.78 is 33.4. The van der Waals surface area contributed by atoms with Crippen molar-refractivity contribution < 1.29 is 61.2 Å². The second-order valence-corrected chi connectivity index (χ2v) is 12.0. The predicted octanol–water partition coefficient (Wildman–Crippen LogP) is 0.138. The molecule has 28 heavy (non-hydrogen) atoms. The maximum atomic E-state index is 9.86. The molecule has 0 spiro atoms. The second kappa shape index (κ2) is 12.5. The van der Waals surface area contributed by atoms with Gasteiger partial charge in [-0.2, -0.15) is 0 Å². The molecule has 0 saturated carbocycles. The van der Waals surface area contributed by atoms with Gasteiger partial charge in [-0.15, -0.1) is 0 Å². The topological polar surface area (TPSA) is 186 Å². The Labute approximate surface area is 163 Å². The lowest BCUT2D eigenvalue weighted by atomic mass is 10.4. The highest BCUT2D eigenvalue weighted by molar-refractivity contribution is 7.59. The second-order valence-electron chi connectivity index (χ2n) is 4.99. The number of aliphatic hydroxyl groups is 1. The minimum absolute atomic E-state index is 0.162. The molecule has 0 aromatic heterocycles. The molecule has 0 aliphatic heterocycles. The van der Waals surface area contributed by atoms with Gasteiger partial charge in [0.2, 0.25) is 30.3 Å². The van der Waals surface area contributed by atoms with E-state index in [4.69, 9.17) is 36.9 Å². The summed E-state index contributed by atoms with van der Waals surface area (Å²) in [6.07, 6.45) is 11.4. The van der Waals surface area contributed by atoms with Crippen LogP contribution < -0.4 is 0 Å². The van der Waals surface area contributed by atoms with Crippen LogP contribution in [0.3, 0.4) is 0 Å². The van der Waals surface area contributed by atoms with Gasteiger partial charge in [-0.25, -0.2) is 0 Å². The van der Waals surface area contributed by atoms with Gasteiger partial charge >= 0.3 is 0 Å². The van der Waals surface area contributed by atoms with Crippen LogP contribution in [-0.2, 0) is 31.7 Å². The molecule has 4 atom stereocenters. The van der Waals surface area contributed by atoms with Gasteiger partial charge < -0.3 is 43.1 Å². The van der Waals surface area contributed by atoms with Crippen LogP contribution >= 0.6 is 30.3 Å². The Morgan fingerprint density at radius 2 is 1.00 bits per heavy atom. The highest BCUT2D eigenvalue weighted by Crippen LogP contribution is 2.47. The van der Waals surface area contributed by atoms with E-state index in [1.807, 2.05) is 0 Å². The number of rotatable bonds is 16. The van der Waals surface area contributed by atoms with E-state index in [1.165, 1.54) is 0 Å². The van der Waals surface area contributed by atoms with Gasteiger partial charge in [-0.05, 0) is 32.1 Å². The van der Waals surface area contributed by atoms with Crippen molar-refractivity contribution in [3.8, 4) is 0 Å². The largest absolute Gasteiger partial charge is 0.388 e. The average molecular weight is 492 g/mol. The Balaban J connectivity index is 4.19. The van der Waals surface area contributed by atoms with Crippen LogP contribution in [0.1, 0.15) is 6.92 Å². The molecule has 170 valence electrons. The lowest BCUT2D eigenvalue weighted by Crippen LogP contribution is -2.21. The van der Waals surface area contributed by atoms with Crippen LogP contribution in [0.4, 0.5) is 0 Å². The van der Waals surface area contributed by atoms with Gasteiger partial charge in [0, 0.05) is 0 Å². The van der Waals surface area contributed by atoms with Crippen molar-refractivity contribution in [2.45, 2.75) is 13.0 Å². The third-order valence-corrected chi connectivity index (χ3v) is 6.10. The van der Waals surface area contributed by atoms with Crippen LogP contribution in [0.25, 0.3) is 0 Å². The van der Waals surface area contributed by atoms with Gasteiger partial charge in [-0.1, -0.05) is 0 Å². The van der Waals surface area contributed by atoms with Crippen molar-refractivity contribution in [2.75, 3.05) is 33.4 Å². The first-order valence-corrected chi connectivity index (χ1v) is 14.4. The highest BCUT2D eigenvalue weighted by Gasteiger charge is 2.20. The predicted molar refractivity (Wildman–Crippen MR) is 111 cm³/mol. The van der Waals surface area contributed by atoms with Crippen molar-refractivity contribution in [1.29, 1.82) is 0 Å². The zero-order valence-corrected chi connectivity index (χ0v) is 18.8. The Kier molecular flexibility index (Phi) is 12.8. The van der Waals surface area contributed by atoms with E-state index in [0.717, 1.165) is 0 Å². The minimum Gasteiger partial charge on any atom is -0.388 e. The van der Waals surface area contributed by atoms with Crippen LogP contribution in [0.2, 0.25) is 0 Å². The summed E-state index contributed by atoms with van der Waals surface area (Å²) in [6, 6.07) is 0. The standard InChI is InChI=1S/C11H28O13P4/c1-6-18-26(3,15)23-10-24-28(5,17)20-8-11(12)7-19-27(4,16)22-9-21-25(2,13)14/h11-17H,2-10H2,1H3. The summed E-state index contributed by atoms with van der Waals surface area (Å²) in [5.74, 6) is 0. The van der Waals surface area contributed by atoms with Gasteiger partial charge in [0.05, 0.1) is 19.8 Å². The first kappa shape index (κ1) is 28.7. The monoisotopic (exact) mass is 492 g/mol. The molecule has 0 rings (SSSR count). The van der Waals surface area contributed by atoms with E-state index < -0.39 is 63.2 Å². The number of hydrogen-bond donors (Lipinski definition) is 6. The lowest BCUT2D eigenvalue weighted by Gasteiger charge is -2.23. The fraction of sp³-hybridized carbons (Fsp3) is 0.636. The third-order valence-electron chi connectivity index (χ3n) is 2.29. The Hall–Kier alpha value is 0.680. The first-order valence-electron chi connectivity index (χ1n) is 7.35. The van der Waals surface area contributed by atoms with Crippen LogP contribution in [0, 0.1) is 0 Å². The third kappa shape index (κ3) is 16.5. The summed E-state index contributed by atoms with van der Waals surface area (Å²) in [5.41, 5.74) is 0. The Morgan fingerprint density at radius 3 is 1.36 bits per heavy atom. The summed E-state index contributed by atoms with van der Waals surface area (Å²) in [5, 5.41) is 9.74. The number of hydrogen-bond acceptors (Lipinski definition) is 13. The average Bonchev–Trinajstić information content (AvgIpc) is 2.49. The van der Waals surface area contributed by atoms with Crippen molar-refractivity contribution in [3.63, 3.8) is 0 Å². The van der Waals surface area contributed by atoms with Gasteiger partial charge in [0.1, 0.15) is 6.10 Å². The molecule has 0 bridgehead atoms.